The molecule has 0 aromatic rings. The standard InChI is InChI=1S/C5H6N2O/c6-2-1-4-3-5(4)7-8/h4,8H,1,3H2/b7-5-. The Morgan fingerprint density at radius 2 is 2.75 bits per heavy atom. The Morgan fingerprint density at radius 1 is 2.00 bits per heavy atom. The lowest BCUT2D eigenvalue weighted by atomic mass is 10.3. The third kappa shape index (κ3) is 0.784. The second kappa shape index (κ2) is 1.83. The number of rotatable bonds is 1. The van der Waals surface area contributed by atoms with Crippen LogP contribution in [-0.4, -0.2) is 10.9 Å². The van der Waals surface area contributed by atoms with Crippen molar-refractivity contribution >= 4 is 5.71 Å². The van der Waals surface area contributed by atoms with Gasteiger partial charge >= 0.3 is 0 Å². The second-order valence-electron chi connectivity index (χ2n) is 1.85. The van der Waals surface area contributed by atoms with Gasteiger partial charge in [-0.1, -0.05) is 5.16 Å². The van der Waals surface area contributed by atoms with Crippen LogP contribution in [0.4, 0.5) is 0 Å². The molecule has 1 rings (SSSR count). The highest BCUT2D eigenvalue weighted by Gasteiger charge is 2.31. The van der Waals surface area contributed by atoms with Gasteiger partial charge in [-0.15, -0.1) is 0 Å². The summed E-state index contributed by atoms with van der Waals surface area (Å²) < 4.78 is 0. The first kappa shape index (κ1) is 5.10. The fourth-order valence-corrected chi connectivity index (χ4v) is 0.616. The maximum absolute atomic E-state index is 8.10. The van der Waals surface area contributed by atoms with E-state index in [2.05, 4.69) is 5.16 Å². The molecule has 0 bridgehead atoms. The van der Waals surface area contributed by atoms with Crippen molar-refractivity contribution in [2.24, 2.45) is 11.1 Å². The van der Waals surface area contributed by atoms with Gasteiger partial charge in [-0.2, -0.15) is 5.26 Å². The first-order chi connectivity index (χ1) is 3.88. The number of oxime groups is 1. The predicted molar refractivity (Wildman–Crippen MR) is 27.6 cm³/mol. The minimum absolute atomic E-state index is 0.269. The lowest BCUT2D eigenvalue weighted by Gasteiger charge is -1.72. The molecule has 0 amide bonds. The molecule has 0 aliphatic heterocycles. The van der Waals surface area contributed by atoms with Crippen LogP contribution in [0.5, 0.6) is 0 Å². The summed E-state index contributed by atoms with van der Waals surface area (Å²) in [5, 5.41) is 19.2. The number of nitrogens with zero attached hydrogens (tertiary/aromatic N) is 2. The average molecular weight is 110 g/mol. The Labute approximate surface area is 47.2 Å². The van der Waals surface area contributed by atoms with E-state index in [0.29, 0.717) is 6.42 Å². The van der Waals surface area contributed by atoms with Crippen LogP contribution in [0.25, 0.3) is 0 Å². The number of nitriles is 1. The van der Waals surface area contributed by atoms with Gasteiger partial charge in [-0.25, -0.2) is 0 Å². The molecule has 0 saturated heterocycles. The minimum Gasteiger partial charge on any atom is -0.411 e. The van der Waals surface area contributed by atoms with Crippen molar-refractivity contribution in [3.8, 4) is 6.07 Å². The van der Waals surface area contributed by atoms with Gasteiger partial charge in [0.1, 0.15) is 0 Å². The van der Waals surface area contributed by atoms with E-state index in [1.54, 1.807) is 0 Å². The van der Waals surface area contributed by atoms with Crippen molar-refractivity contribution in [2.45, 2.75) is 12.8 Å². The third-order valence-electron chi connectivity index (χ3n) is 1.23. The maximum atomic E-state index is 8.10. The summed E-state index contributed by atoms with van der Waals surface area (Å²) >= 11 is 0. The van der Waals surface area contributed by atoms with Crippen molar-refractivity contribution in [1.82, 2.24) is 0 Å². The van der Waals surface area contributed by atoms with Gasteiger partial charge < -0.3 is 5.21 Å². The Morgan fingerprint density at radius 3 is 3.12 bits per heavy atom. The summed E-state index contributed by atoms with van der Waals surface area (Å²) in [7, 11) is 0. The molecule has 1 aliphatic rings. The molecule has 1 saturated carbocycles. The number of hydrogen-bond acceptors (Lipinski definition) is 3. The van der Waals surface area contributed by atoms with E-state index in [0.717, 1.165) is 12.1 Å². The lowest BCUT2D eigenvalue weighted by Crippen LogP contribution is -1.74. The van der Waals surface area contributed by atoms with Gasteiger partial charge in [0, 0.05) is 12.3 Å². The molecule has 0 aromatic carbocycles. The Hall–Kier alpha value is -1.04. The monoisotopic (exact) mass is 110 g/mol. The van der Waals surface area contributed by atoms with E-state index in [4.69, 9.17) is 10.5 Å². The van der Waals surface area contributed by atoms with Gasteiger partial charge in [-0.05, 0) is 6.42 Å². The maximum Gasteiger partial charge on any atom is 0.0628 e. The first-order valence-corrected chi connectivity index (χ1v) is 2.46. The first-order valence-electron chi connectivity index (χ1n) is 2.46. The van der Waals surface area contributed by atoms with Crippen molar-refractivity contribution in [3.63, 3.8) is 0 Å². The zero-order valence-electron chi connectivity index (χ0n) is 4.33. The van der Waals surface area contributed by atoms with Crippen molar-refractivity contribution in [2.75, 3.05) is 0 Å². The average Bonchev–Trinajstić information content (AvgIpc) is 2.48. The molecular formula is C5H6N2O. The molecule has 1 atom stereocenters. The van der Waals surface area contributed by atoms with Gasteiger partial charge in [0.15, 0.2) is 0 Å². The van der Waals surface area contributed by atoms with Crippen LogP contribution in [0.1, 0.15) is 12.8 Å². The summed E-state index contributed by atoms with van der Waals surface area (Å²) in [6.45, 7) is 0. The Kier molecular flexibility index (Phi) is 1.17. The van der Waals surface area contributed by atoms with Crippen LogP contribution in [0, 0.1) is 17.2 Å². The highest BCUT2D eigenvalue weighted by atomic mass is 16.4. The van der Waals surface area contributed by atoms with Crippen LogP contribution in [0.2, 0.25) is 0 Å². The smallest absolute Gasteiger partial charge is 0.0628 e. The van der Waals surface area contributed by atoms with Gasteiger partial charge in [-0.3, -0.25) is 0 Å². The zero-order chi connectivity index (χ0) is 5.98. The largest absolute Gasteiger partial charge is 0.411 e. The van der Waals surface area contributed by atoms with Crippen LogP contribution in [0.3, 0.4) is 0 Å². The molecule has 1 aliphatic carbocycles. The minimum atomic E-state index is 0.269. The highest BCUT2D eigenvalue weighted by molar-refractivity contribution is 6.00. The summed E-state index contributed by atoms with van der Waals surface area (Å²) in [4.78, 5) is 0. The molecule has 0 heterocycles. The fraction of sp³-hybridized carbons (Fsp3) is 0.600. The van der Waals surface area contributed by atoms with E-state index in [-0.39, 0.29) is 5.92 Å². The molecule has 0 aromatic heterocycles. The van der Waals surface area contributed by atoms with Gasteiger partial charge in [0.25, 0.3) is 0 Å². The van der Waals surface area contributed by atoms with Crippen molar-refractivity contribution in [1.29, 1.82) is 5.26 Å². The summed E-state index contributed by atoms with van der Waals surface area (Å²) in [6, 6.07) is 2.00. The third-order valence-corrected chi connectivity index (χ3v) is 1.23. The van der Waals surface area contributed by atoms with Crippen molar-refractivity contribution in [3.05, 3.63) is 0 Å². The van der Waals surface area contributed by atoms with Crippen LogP contribution in [-0.2, 0) is 0 Å². The van der Waals surface area contributed by atoms with E-state index in [1.165, 1.54) is 0 Å². The molecule has 8 heavy (non-hydrogen) atoms. The predicted octanol–water partition coefficient (Wildman–Crippen LogP) is 0.750. The summed E-state index contributed by atoms with van der Waals surface area (Å²) in [5.41, 5.74) is 0.770. The molecule has 1 fully saturated rings. The van der Waals surface area contributed by atoms with Crippen LogP contribution < -0.4 is 0 Å². The lowest BCUT2D eigenvalue weighted by molar-refractivity contribution is 0.320. The van der Waals surface area contributed by atoms with E-state index in [9.17, 15) is 0 Å². The highest BCUT2D eigenvalue weighted by Crippen LogP contribution is 2.28. The topological polar surface area (TPSA) is 56.4 Å². The SMILES string of the molecule is N#CCC1C/C1=N/O. The molecular weight excluding hydrogens is 104 g/mol. The van der Waals surface area contributed by atoms with Gasteiger partial charge in [0.2, 0.25) is 0 Å². The molecule has 1 unspecified atom stereocenters. The number of hydrogen-bond donors (Lipinski definition) is 1. The van der Waals surface area contributed by atoms with E-state index < -0.39 is 0 Å². The Balaban J connectivity index is 2.30. The van der Waals surface area contributed by atoms with Crippen molar-refractivity contribution < 1.29 is 5.21 Å². The molecule has 42 valence electrons. The van der Waals surface area contributed by atoms with E-state index >= 15 is 0 Å². The normalized spacial score (nSPS) is 29.9. The molecule has 1 N–H and O–H groups in total. The molecule has 0 spiro atoms. The fourth-order valence-electron chi connectivity index (χ4n) is 0.616. The summed E-state index contributed by atoms with van der Waals surface area (Å²) in [6.07, 6.45) is 1.31. The Bertz CT molecular complexity index is 156. The molecule has 0 radical (unpaired) electrons. The summed E-state index contributed by atoms with van der Waals surface area (Å²) in [5.74, 6) is 0.269. The quantitative estimate of drug-likeness (QED) is 0.400. The zero-order valence-corrected chi connectivity index (χ0v) is 4.33. The second-order valence-corrected chi connectivity index (χ2v) is 1.85. The molecule has 3 heteroatoms. The van der Waals surface area contributed by atoms with Gasteiger partial charge in [0.05, 0.1) is 11.8 Å². The van der Waals surface area contributed by atoms with Crippen LogP contribution >= 0.6 is 0 Å². The van der Waals surface area contributed by atoms with E-state index in [1.807, 2.05) is 6.07 Å². The molecule has 3 nitrogen and oxygen atoms in total. The van der Waals surface area contributed by atoms with Crippen LogP contribution in [0.15, 0.2) is 5.16 Å².